The lowest BCUT2D eigenvalue weighted by Gasteiger charge is -1.97. The van der Waals surface area contributed by atoms with E-state index >= 15 is 0 Å². The number of hydrogen-bond donors (Lipinski definition) is 1. The molecule has 0 atom stereocenters. The molecule has 1 rings (SSSR count). The summed E-state index contributed by atoms with van der Waals surface area (Å²) in [5.41, 5.74) is 1.07. The number of halogens is 1. The maximum atomic E-state index is 10.8. The zero-order valence-electron chi connectivity index (χ0n) is 7.34. The molecule has 0 saturated carbocycles. The first-order chi connectivity index (χ1) is 6.26. The van der Waals surface area contributed by atoms with Crippen molar-refractivity contribution in [2.45, 2.75) is 19.9 Å². The van der Waals surface area contributed by atoms with Crippen molar-refractivity contribution in [3.63, 3.8) is 0 Å². The van der Waals surface area contributed by atoms with Crippen molar-refractivity contribution in [2.75, 3.05) is 5.88 Å². The van der Waals surface area contributed by atoms with Gasteiger partial charge < -0.3 is 5.32 Å². The standard InChI is InChI=1S/C8H11ClN2OS/c1-2-6-5-13-8(11-6)4-10-7(12)3-9/h5H,2-4H2,1H3,(H,10,12). The predicted molar refractivity (Wildman–Crippen MR) is 54.1 cm³/mol. The Kier molecular flexibility index (Phi) is 4.18. The molecule has 0 aromatic carbocycles. The van der Waals surface area contributed by atoms with E-state index in [-0.39, 0.29) is 11.8 Å². The van der Waals surface area contributed by atoms with E-state index in [9.17, 15) is 4.79 Å². The molecule has 0 fully saturated rings. The fourth-order valence-corrected chi connectivity index (χ4v) is 1.73. The highest BCUT2D eigenvalue weighted by Gasteiger charge is 2.02. The Bertz CT molecular complexity index is 287. The van der Waals surface area contributed by atoms with Crippen LogP contribution in [0.15, 0.2) is 5.38 Å². The minimum Gasteiger partial charge on any atom is -0.349 e. The zero-order valence-corrected chi connectivity index (χ0v) is 8.91. The average molecular weight is 219 g/mol. The molecule has 3 nitrogen and oxygen atoms in total. The molecular weight excluding hydrogens is 208 g/mol. The van der Waals surface area contributed by atoms with Crippen molar-refractivity contribution in [1.29, 1.82) is 0 Å². The third kappa shape index (κ3) is 3.32. The molecule has 0 bridgehead atoms. The molecule has 0 aliphatic carbocycles. The summed E-state index contributed by atoms with van der Waals surface area (Å²) in [6, 6.07) is 0. The van der Waals surface area contributed by atoms with E-state index in [0.29, 0.717) is 6.54 Å². The smallest absolute Gasteiger partial charge is 0.235 e. The van der Waals surface area contributed by atoms with E-state index in [1.165, 1.54) is 0 Å². The molecule has 0 saturated heterocycles. The molecule has 72 valence electrons. The summed E-state index contributed by atoms with van der Waals surface area (Å²) in [4.78, 5) is 15.1. The lowest BCUT2D eigenvalue weighted by atomic mass is 10.4. The van der Waals surface area contributed by atoms with Gasteiger partial charge in [-0.15, -0.1) is 22.9 Å². The number of carbonyl (C=O) groups is 1. The van der Waals surface area contributed by atoms with Crippen LogP contribution in [0.5, 0.6) is 0 Å². The highest BCUT2D eigenvalue weighted by molar-refractivity contribution is 7.09. The average Bonchev–Trinajstić information content (AvgIpc) is 2.61. The van der Waals surface area contributed by atoms with Crippen molar-refractivity contribution < 1.29 is 4.79 Å². The van der Waals surface area contributed by atoms with Crippen molar-refractivity contribution in [3.8, 4) is 0 Å². The van der Waals surface area contributed by atoms with Gasteiger partial charge in [0.2, 0.25) is 5.91 Å². The number of alkyl halides is 1. The van der Waals surface area contributed by atoms with Crippen molar-refractivity contribution in [2.24, 2.45) is 0 Å². The van der Waals surface area contributed by atoms with Gasteiger partial charge in [-0.05, 0) is 6.42 Å². The number of aryl methyl sites for hydroxylation is 1. The van der Waals surface area contributed by atoms with E-state index in [1.807, 2.05) is 5.38 Å². The van der Waals surface area contributed by atoms with Crippen LogP contribution in [-0.2, 0) is 17.8 Å². The molecule has 13 heavy (non-hydrogen) atoms. The second-order valence-corrected chi connectivity index (χ2v) is 3.71. The Morgan fingerprint density at radius 1 is 1.77 bits per heavy atom. The second-order valence-electron chi connectivity index (χ2n) is 2.50. The summed E-state index contributed by atoms with van der Waals surface area (Å²) >= 11 is 6.88. The van der Waals surface area contributed by atoms with Crippen LogP contribution in [0, 0.1) is 0 Å². The molecule has 1 N–H and O–H groups in total. The minimum absolute atomic E-state index is 0.00596. The molecule has 1 amide bonds. The van der Waals surface area contributed by atoms with Crippen molar-refractivity contribution in [1.82, 2.24) is 10.3 Å². The van der Waals surface area contributed by atoms with Gasteiger partial charge in [-0.3, -0.25) is 4.79 Å². The topological polar surface area (TPSA) is 42.0 Å². The minimum atomic E-state index is -0.157. The van der Waals surface area contributed by atoms with Gasteiger partial charge >= 0.3 is 0 Å². The summed E-state index contributed by atoms with van der Waals surface area (Å²) in [6.07, 6.45) is 0.931. The summed E-state index contributed by atoms with van der Waals surface area (Å²) in [5, 5.41) is 5.59. The number of carbonyl (C=O) groups excluding carboxylic acids is 1. The largest absolute Gasteiger partial charge is 0.349 e. The van der Waals surface area contributed by atoms with Gasteiger partial charge in [0.1, 0.15) is 10.9 Å². The third-order valence-electron chi connectivity index (χ3n) is 1.52. The van der Waals surface area contributed by atoms with Crippen molar-refractivity contribution in [3.05, 3.63) is 16.1 Å². The monoisotopic (exact) mass is 218 g/mol. The molecule has 1 heterocycles. The van der Waals surface area contributed by atoms with E-state index in [1.54, 1.807) is 11.3 Å². The van der Waals surface area contributed by atoms with E-state index < -0.39 is 0 Å². The van der Waals surface area contributed by atoms with Gasteiger partial charge in [-0.1, -0.05) is 6.92 Å². The first-order valence-corrected chi connectivity index (χ1v) is 5.43. The summed E-state index contributed by atoms with van der Waals surface area (Å²) in [5.74, 6) is -0.152. The van der Waals surface area contributed by atoms with Crippen LogP contribution in [-0.4, -0.2) is 16.8 Å². The van der Waals surface area contributed by atoms with Gasteiger partial charge in [-0.25, -0.2) is 4.98 Å². The molecule has 1 aromatic heterocycles. The van der Waals surface area contributed by atoms with Gasteiger partial charge in [0.25, 0.3) is 0 Å². The van der Waals surface area contributed by atoms with Crippen LogP contribution in [0.3, 0.4) is 0 Å². The molecule has 0 aliphatic rings. The highest BCUT2D eigenvalue weighted by Crippen LogP contribution is 2.09. The Balaban J connectivity index is 2.41. The SMILES string of the molecule is CCc1csc(CNC(=O)CCl)n1. The molecule has 0 aliphatic heterocycles. The second kappa shape index (κ2) is 5.19. The van der Waals surface area contributed by atoms with Crippen LogP contribution in [0.25, 0.3) is 0 Å². The molecule has 1 aromatic rings. The third-order valence-corrected chi connectivity index (χ3v) is 2.66. The molecule has 5 heteroatoms. The van der Waals surface area contributed by atoms with Gasteiger partial charge in [0.05, 0.1) is 12.2 Å². The van der Waals surface area contributed by atoms with Gasteiger partial charge in [0, 0.05) is 5.38 Å². The van der Waals surface area contributed by atoms with Gasteiger partial charge in [-0.2, -0.15) is 0 Å². The van der Waals surface area contributed by atoms with Crippen LogP contribution < -0.4 is 5.32 Å². The predicted octanol–water partition coefficient (Wildman–Crippen LogP) is 1.56. The molecule has 0 radical (unpaired) electrons. The first kappa shape index (κ1) is 10.5. The van der Waals surface area contributed by atoms with E-state index in [4.69, 9.17) is 11.6 Å². The van der Waals surface area contributed by atoms with Crippen LogP contribution in [0.1, 0.15) is 17.6 Å². The summed E-state index contributed by atoms with van der Waals surface area (Å²) in [7, 11) is 0. The van der Waals surface area contributed by atoms with Crippen molar-refractivity contribution >= 4 is 28.8 Å². The van der Waals surface area contributed by atoms with Crippen LogP contribution in [0.2, 0.25) is 0 Å². The van der Waals surface area contributed by atoms with E-state index in [0.717, 1.165) is 17.1 Å². The lowest BCUT2D eigenvalue weighted by molar-refractivity contribution is -0.118. The Morgan fingerprint density at radius 3 is 3.08 bits per heavy atom. The number of rotatable bonds is 4. The number of nitrogens with one attached hydrogen (secondary N) is 1. The van der Waals surface area contributed by atoms with Crippen LogP contribution >= 0.6 is 22.9 Å². The first-order valence-electron chi connectivity index (χ1n) is 4.02. The van der Waals surface area contributed by atoms with Crippen LogP contribution in [0.4, 0.5) is 0 Å². The number of amides is 1. The number of aromatic nitrogens is 1. The lowest BCUT2D eigenvalue weighted by Crippen LogP contribution is -2.23. The Labute approximate surface area is 86.1 Å². The molecule has 0 unspecified atom stereocenters. The zero-order chi connectivity index (χ0) is 9.68. The summed E-state index contributed by atoms with van der Waals surface area (Å²) in [6.45, 7) is 2.53. The quantitative estimate of drug-likeness (QED) is 0.780. The van der Waals surface area contributed by atoms with Gasteiger partial charge in [0.15, 0.2) is 0 Å². The number of thiazole rings is 1. The summed E-state index contributed by atoms with van der Waals surface area (Å²) < 4.78 is 0. The number of nitrogens with zero attached hydrogens (tertiary/aromatic N) is 1. The normalized spacial score (nSPS) is 10.0. The maximum absolute atomic E-state index is 10.8. The fraction of sp³-hybridized carbons (Fsp3) is 0.500. The molecule has 0 spiro atoms. The fourth-order valence-electron chi connectivity index (χ4n) is 0.814. The Hall–Kier alpha value is -0.610. The maximum Gasteiger partial charge on any atom is 0.235 e. The molecular formula is C8H11ClN2OS. The Morgan fingerprint density at radius 2 is 2.54 bits per heavy atom. The highest BCUT2D eigenvalue weighted by atomic mass is 35.5. The number of hydrogen-bond acceptors (Lipinski definition) is 3. The van der Waals surface area contributed by atoms with E-state index in [2.05, 4.69) is 17.2 Å².